The van der Waals surface area contributed by atoms with Gasteiger partial charge in [0.2, 0.25) is 5.95 Å². The first-order chi connectivity index (χ1) is 8.79. The van der Waals surface area contributed by atoms with E-state index in [0.717, 1.165) is 30.3 Å². The van der Waals surface area contributed by atoms with Crippen LogP contribution in [0.15, 0.2) is 30.5 Å². The largest absolute Gasteiger partial charge is 0.396 e. The van der Waals surface area contributed by atoms with Crippen molar-refractivity contribution in [1.82, 2.24) is 9.97 Å². The molecule has 0 aliphatic heterocycles. The summed E-state index contributed by atoms with van der Waals surface area (Å²) in [5.41, 5.74) is 0.957. The molecule has 2 aromatic rings. The smallest absolute Gasteiger partial charge is 0.223 e. The maximum Gasteiger partial charge on any atom is 0.223 e. The van der Waals surface area contributed by atoms with E-state index < -0.39 is 0 Å². The minimum Gasteiger partial charge on any atom is -0.396 e. The van der Waals surface area contributed by atoms with E-state index in [-0.39, 0.29) is 6.61 Å². The molecule has 0 fully saturated rings. The Morgan fingerprint density at radius 2 is 2.17 bits per heavy atom. The Hall–Kier alpha value is -1.68. The van der Waals surface area contributed by atoms with Gasteiger partial charge in [-0.25, -0.2) is 9.97 Å². The highest BCUT2D eigenvalue weighted by Crippen LogP contribution is 2.12. The average molecular weight is 245 g/mol. The normalized spacial score (nSPS) is 12.6. The third-order valence-electron chi connectivity index (χ3n) is 2.96. The van der Waals surface area contributed by atoms with Gasteiger partial charge in [-0.1, -0.05) is 25.1 Å². The number of nitrogens with zero attached hydrogens (tertiary/aromatic N) is 2. The third-order valence-corrected chi connectivity index (χ3v) is 2.96. The number of aliphatic hydroxyl groups is 1. The van der Waals surface area contributed by atoms with Gasteiger partial charge in [0, 0.05) is 24.7 Å². The number of aromatic nitrogens is 2. The predicted octanol–water partition coefficient (Wildman–Crippen LogP) is 2.45. The summed E-state index contributed by atoms with van der Waals surface area (Å²) in [6, 6.07) is 7.94. The van der Waals surface area contributed by atoms with Crippen LogP contribution in [-0.4, -0.2) is 28.2 Å². The summed E-state index contributed by atoms with van der Waals surface area (Å²) in [5.74, 6) is 1.04. The fourth-order valence-corrected chi connectivity index (χ4v) is 1.80. The van der Waals surface area contributed by atoms with Crippen molar-refractivity contribution in [2.45, 2.75) is 19.8 Å². The van der Waals surface area contributed by atoms with Gasteiger partial charge >= 0.3 is 0 Å². The summed E-state index contributed by atoms with van der Waals surface area (Å²) in [7, 11) is 0. The highest BCUT2D eigenvalue weighted by molar-refractivity contribution is 5.78. The lowest BCUT2D eigenvalue weighted by Crippen LogP contribution is -2.08. The molecule has 1 aromatic carbocycles. The van der Waals surface area contributed by atoms with Gasteiger partial charge in [-0.05, 0) is 24.8 Å². The molecule has 0 saturated heterocycles. The summed E-state index contributed by atoms with van der Waals surface area (Å²) < 4.78 is 0. The van der Waals surface area contributed by atoms with Crippen molar-refractivity contribution in [2.75, 3.05) is 18.5 Å². The number of para-hydroxylation sites is 1. The van der Waals surface area contributed by atoms with Crippen molar-refractivity contribution < 1.29 is 5.11 Å². The molecule has 96 valence electrons. The Bertz CT molecular complexity index is 501. The van der Waals surface area contributed by atoms with E-state index in [2.05, 4.69) is 15.3 Å². The van der Waals surface area contributed by atoms with Crippen LogP contribution in [-0.2, 0) is 0 Å². The molecule has 1 aromatic heterocycles. The zero-order chi connectivity index (χ0) is 12.8. The quantitative estimate of drug-likeness (QED) is 0.767. The van der Waals surface area contributed by atoms with Gasteiger partial charge in [0.25, 0.3) is 0 Å². The summed E-state index contributed by atoms with van der Waals surface area (Å²) >= 11 is 0. The van der Waals surface area contributed by atoms with Crippen LogP contribution in [0.5, 0.6) is 0 Å². The summed E-state index contributed by atoms with van der Waals surface area (Å²) in [6.07, 6.45) is 3.86. The Labute approximate surface area is 107 Å². The SMILES string of the molecule is CC(CO)CCCNc1ncc2ccccc2n1. The van der Waals surface area contributed by atoms with E-state index in [1.54, 1.807) is 0 Å². The number of benzene rings is 1. The lowest BCUT2D eigenvalue weighted by Gasteiger charge is -2.08. The molecular weight excluding hydrogens is 226 g/mol. The second-order valence-electron chi connectivity index (χ2n) is 4.61. The second kappa shape index (κ2) is 6.31. The van der Waals surface area contributed by atoms with E-state index in [9.17, 15) is 0 Å². The van der Waals surface area contributed by atoms with E-state index in [1.807, 2.05) is 37.4 Å². The number of nitrogens with one attached hydrogen (secondary N) is 1. The molecule has 2 rings (SSSR count). The van der Waals surface area contributed by atoms with Gasteiger partial charge < -0.3 is 10.4 Å². The topological polar surface area (TPSA) is 58.0 Å². The highest BCUT2D eigenvalue weighted by atomic mass is 16.3. The molecule has 4 heteroatoms. The van der Waals surface area contributed by atoms with Gasteiger partial charge in [-0.15, -0.1) is 0 Å². The summed E-state index contributed by atoms with van der Waals surface area (Å²) in [5, 5.41) is 13.2. The molecule has 0 bridgehead atoms. The maximum absolute atomic E-state index is 8.92. The van der Waals surface area contributed by atoms with Crippen LogP contribution in [0.2, 0.25) is 0 Å². The van der Waals surface area contributed by atoms with Gasteiger partial charge in [-0.2, -0.15) is 0 Å². The molecule has 0 spiro atoms. The minimum absolute atomic E-state index is 0.256. The van der Waals surface area contributed by atoms with Crippen LogP contribution in [0, 0.1) is 5.92 Å². The Kier molecular flexibility index (Phi) is 4.47. The van der Waals surface area contributed by atoms with Gasteiger partial charge in [-0.3, -0.25) is 0 Å². The summed E-state index contributed by atoms with van der Waals surface area (Å²) in [4.78, 5) is 8.71. The number of anilines is 1. The Balaban J connectivity index is 1.88. The fourth-order valence-electron chi connectivity index (χ4n) is 1.80. The van der Waals surface area contributed by atoms with Crippen molar-refractivity contribution in [3.8, 4) is 0 Å². The van der Waals surface area contributed by atoms with Crippen molar-refractivity contribution in [2.24, 2.45) is 5.92 Å². The van der Waals surface area contributed by atoms with Crippen molar-refractivity contribution in [3.63, 3.8) is 0 Å². The number of hydrogen-bond donors (Lipinski definition) is 2. The van der Waals surface area contributed by atoms with Crippen LogP contribution in [0.4, 0.5) is 5.95 Å². The van der Waals surface area contributed by atoms with Crippen molar-refractivity contribution in [1.29, 1.82) is 0 Å². The zero-order valence-corrected chi connectivity index (χ0v) is 10.6. The zero-order valence-electron chi connectivity index (χ0n) is 10.6. The molecule has 0 saturated carbocycles. The minimum atomic E-state index is 0.256. The first-order valence-electron chi connectivity index (χ1n) is 6.36. The lowest BCUT2D eigenvalue weighted by atomic mass is 10.1. The molecular formula is C14H19N3O. The van der Waals surface area contributed by atoms with E-state index >= 15 is 0 Å². The Morgan fingerprint density at radius 1 is 1.33 bits per heavy atom. The van der Waals surface area contributed by atoms with Gasteiger partial charge in [0.15, 0.2) is 0 Å². The molecule has 1 atom stereocenters. The molecule has 0 radical (unpaired) electrons. The van der Waals surface area contributed by atoms with E-state index in [1.165, 1.54) is 0 Å². The molecule has 1 heterocycles. The van der Waals surface area contributed by atoms with Crippen LogP contribution in [0.1, 0.15) is 19.8 Å². The third kappa shape index (κ3) is 3.40. The average Bonchev–Trinajstić information content (AvgIpc) is 2.43. The van der Waals surface area contributed by atoms with E-state index in [4.69, 9.17) is 5.11 Å². The number of hydrogen-bond acceptors (Lipinski definition) is 4. The van der Waals surface area contributed by atoms with Gasteiger partial charge in [0.1, 0.15) is 0 Å². The first kappa shape index (κ1) is 12.8. The molecule has 0 amide bonds. The second-order valence-corrected chi connectivity index (χ2v) is 4.61. The van der Waals surface area contributed by atoms with Crippen molar-refractivity contribution in [3.05, 3.63) is 30.5 Å². The van der Waals surface area contributed by atoms with Crippen molar-refractivity contribution >= 4 is 16.9 Å². The monoisotopic (exact) mass is 245 g/mol. The molecule has 0 aliphatic rings. The summed E-state index contributed by atoms with van der Waals surface area (Å²) in [6.45, 7) is 3.14. The highest BCUT2D eigenvalue weighted by Gasteiger charge is 2.01. The molecule has 2 N–H and O–H groups in total. The molecule has 4 nitrogen and oxygen atoms in total. The first-order valence-corrected chi connectivity index (χ1v) is 6.36. The predicted molar refractivity (Wildman–Crippen MR) is 73.5 cm³/mol. The number of rotatable bonds is 6. The Morgan fingerprint density at radius 3 is 3.00 bits per heavy atom. The molecule has 0 aliphatic carbocycles. The van der Waals surface area contributed by atoms with Crippen LogP contribution < -0.4 is 5.32 Å². The standard InChI is InChI=1S/C14H19N3O/c1-11(10-18)5-4-8-15-14-16-9-12-6-2-3-7-13(12)17-14/h2-3,6-7,9,11,18H,4-5,8,10H2,1H3,(H,15,16,17). The van der Waals surface area contributed by atoms with Gasteiger partial charge in [0.05, 0.1) is 5.52 Å². The number of aliphatic hydroxyl groups excluding tert-OH is 1. The fraction of sp³-hybridized carbons (Fsp3) is 0.429. The van der Waals surface area contributed by atoms with E-state index in [0.29, 0.717) is 11.9 Å². The number of fused-ring (bicyclic) bond motifs is 1. The molecule has 1 unspecified atom stereocenters. The maximum atomic E-state index is 8.92. The van der Waals surface area contributed by atoms with Crippen LogP contribution in [0.3, 0.4) is 0 Å². The lowest BCUT2D eigenvalue weighted by molar-refractivity contribution is 0.229. The van der Waals surface area contributed by atoms with Crippen LogP contribution in [0.25, 0.3) is 10.9 Å². The van der Waals surface area contributed by atoms with Crippen LogP contribution >= 0.6 is 0 Å². The molecule has 18 heavy (non-hydrogen) atoms.